The molecule has 6 nitrogen and oxygen atoms in total. The van der Waals surface area contributed by atoms with Crippen LogP contribution < -0.4 is 10.5 Å². The van der Waals surface area contributed by atoms with Gasteiger partial charge in [0.05, 0.1) is 11.9 Å². The summed E-state index contributed by atoms with van der Waals surface area (Å²) in [5, 5.41) is 9.53. The van der Waals surface area contributed by atoms with Crippen LogP contribution in [0.5, 0.6) is 11.5 Å². The number of alkyl halides is 3. The Labute approximate surface area is 161 Å². The van der Waals surface area contributed by atoms with E-state index < -0.39 is 35.5 Å². The average Bonchev–Trinajstić information content (AvgIpc) is 2.89. The van der Waals surface area contributed by atoms with Gasteiger partial charge in [0, 0.05) is 16.6 Å². The lowest BCUT2D eigenvalue weighted by Crippen LogP contribution is -2.18. The van der Waals surface area contributed by atoms with Crippen LogP contribution in [-0.2, 0) is 11.2 Å². The highest BCUT2D eigenvalue weighted by Crippen LogP contribution is 2.33. The Hall–Kier alpha value is -3.56. The van der Waals surface area contributed by atoms with Gasteiger partial charge >= 0.3 is 6.36 Å². The molecule has 0 saturated carbocycles. The van der Waals surface area contributed by atoms with Crippen LogP contribution in [0.2, 0.25) is 0 Å². The molecule has 0 unspecified atom stereocenters. The van der Waals surface area contributed by atoms with Gasteiger partial charge in [0.2, 0.25) is 5.91 Å². The third-order valence-electron chi connectivity index (χ3n) is 4.30. The van der Waals surface area contributed by atoms with Gasteiger partial charge in [-0.2, -0.15) is 0 Å². The molecule has 3 N–H and O–H groups in total. The Morgan fingerprint density at radius 3 is 2.31 bits per heavy atom. The summed E-state index contributed by atoms with van der Waals surface area (Å²) >= 11 is 0. The van der Waals surface area contributed by atoms with Gasteiger partial charge in [-0.3, -0.25) is 14.2 Å². The summed E-state index contributed by atoms with van der Waals surface area (Å²) in [6, 6.07) is 6.54. The number of phenolic OH excluding ortho intramolecular Hbond substituents is 1. The maximum absolute atomic E-state index is 14.5. The number of fused-ring (bicyclic) bond motifs is 1. The first kappa shape index (κ1) is 20.2. The zero-order valence-electron chi connectivity index (χ0n) is 14.9. The van der Waals surface area contributed by atoms with Gasteiger partial charge < -0.3 is 15.6 Å². The van der Waals surface area contributed by atoms with Crippen LogP contribution in [0.25, 0.3) is 10.9 Å². The molecule has 10 heteroatoms. The molecule has 152 valence electrons. The van der Waals surface area contributed by atoms with Gasteiger partial charge in [0.1, 0.15) is 5.75 Å². The number of ether oxygens (including phenoxy) is 1. The number of carbonyl (C=O) groups excluding carboxylic acids is 2. The van der Waals surface area contributed by atoms with E-state index in [9.17, 15) is 32.3 Å². The van der Waals surface area contributed by atoms with Crippen molar-refractivity contribution < 1.29 is 37.0 Å². The summed E-state index contributed by atoms with van der Waals surface area (Å²) < 4.78 is 56.3. The van der Waals surface area contributed by atoms with Crippen molar-refractivity contribution in [3.8, 4) is 11.5 Å². The second-order valence-corrected chi connectivity index (χ2v) is 6.21. The summed E-state index contributed by atoms with van der Waals surface area (Å²) in [4.78, 5) is 24.4. The van der Waals surface area contributed by atoms with Crippen LogP contribution in [0, 0.1) is 12.7 Å². The smallest absolute Gasteiger partial charge is 0.505 e. The van der Waals surface area contributed by atoms with Crippen molar-refractivity contribution in [1.82, 2.24) is 4.57 Å². The number of nitrogens with zero attached hydrogens (tertiary/aromatic N) is 1. The number of carbonyl (C=O) groups is 2. The fourth-order valence-electron chi connectivity index (χ4n) is 3.11. The van der Waals surface area contributed by atoms with E-state index in [1.807, 2.05) is 0 Å². The van der Waals surface area contributed by atoms with Crippen LogP contribution in [0.4, 0.5) is 17.6 Å². The van der Waals surface area contributed by atoms with Gasteiger partial charge in [0.25, 0.3) is 5.91 Å². The number of hydrogen-bond acceptors (Lipinski definition) is 4. The van der Waals surface area contributed by atoms with Crippen molar-refractivity contribution in [3.05, 3.63) is 59.0 Å². The quantitative estimate of drug-likeness (QED) is 0.645. The van der Waals surface area contributed by atoms with Gasteiger partial charge in [0.15, 0.2) is 11.6 Å². The highest BCUT2D eigenvalue weighted by atomic mass is 19.4. The Morgan fingerprint density at radius 2 is 1.76 bits per heavy atom. The van der Waals surface area contributed by atoms with Crippen molar-refractivity contribution >= 4 is 22.7 Å². The molecule has 1 aromatic heterocycles. The molecule has 0 atom stereocenters. The summed E-state index contributed by atoms with van der Waals surface area (Å²) in [7, 11) is 0. The molecular formula is C19H14F4N2O4. The molecule has 0 aliphatic heterocycles. The minimum atomic E-state index is -4.87. The lowest BCUT2D eigenvalue weighted by atomic mass is 10.1. The van der Waals surface area contributed by atoms with Crippen LogP contribution in [0.15, 0.2) is 36.4 Å². The number of aromatic nitrogens is 1. The first-order valence-corrected chi connectivity index (χ1v) is 8.19. The number of primary amides is 1. The molecule has 0 fully saturated rings. The minimum absolute atomic E-state index is 0.00127. The summed E-state index contributed by atoms with van der Waals surface area (Å²) in [5.74, 6) is -3.62. The normalized spacial score (nSPS) is 11.6. The molecule has 1 amide bonds. The number of hydrogen-bond donors (Lipinski definition) is 2. The predicted molar refractivity (Wildman–Crippen MR) is 94.0 cm³/mol. The molecule has 0 saturated heterocycles. The molecule has 0 aliphatic carbocycles. The van der Waals surface area contributed by atoms with Gasteiger partial charge in [-0.05, 0) is 48.9 Å². The monoisotopic (exact) mass is 410 g/mol. The number of rotatable bonds is 4. The fourth-order valence-corrected chi connectivity index (χ4v) is 3.11. The van der Waals surface area contributed by atoms with Crippen molar-refractivity contribution in [3.63, 3.8) is 0 Å². The molecule has 3 aromatic rings. The first-order chi connectivity index (χ1) is 13.5. The maximum atomic E-state index is 14.5. The Bertz CT molecular complexity index is 1120. The second kappa shape index (κ2) is 7.12. The minimum Gasteiger partial charge on any atom is -0.505 e. The number of phenols is 1. The molecule has 0 aliphatic rings. The van der Waals surface area contributed by atoms with Crippen molar-refractivity contribution in [2.24, 2.45) is 5.73 Å². The summed E-state index contributed by atoms with van der Waals surface area (Å²) in [6.45, 7) is 1.47. The Kier molecular flexibility index (Phi) is 4.95. The number of halogens is 4. The SMILES string of the molecule is Cc1c(CC(N)=O)c2c(F)c(O)ccc2n1C(=O)c1ccc(OC(F)(F)F)cc1. The van der Waals surface area contributed by atoms with E-state index in [4.69, 9.17) is 5.73 Å². The largest absolute Gasteiger partial charge is 0.573 e. The molecule has 29 heavy (non-hydrogen) atoms. The van der Waals surface area contributed by atoms with E-state index in [-0.39, 0.29) is 34.1 Å². The number of benzene rings is 2. The van der Waals surface area contributed by atoms with Crippen molar-refractivity contribution in [1.29, 1.82) is 0 Å². The van der Waals surface area contributed by atoms with Crippen LogP contribution in [-0.4, -0.2) is 27.9 Å². The Morgan fingerprint density at radius 1 is 1.14 bits per heavy atom. The lowest BCUT2D eigenvalue weighted by Gasteiger charge is -2.10. The predicted octanol–water partition coefficient (Wildman–Crippen LogP) is 3.41. The molecule has 1 heterocycles. The van der Waals surface area contributed by atoms with Gasteiger partial charge in [-0.1, -0.05) is 0 Å². The Balaban J connectivity index is 2.12. The van der Waals surface area contributed by atoms with E-state index >= 15 is 0 Å². The molecule has 0 radical (unpaired) electrons. The highest BCUT2D eigenvalue weighted by Gasteiger charge is 2.31. The standard InChI is InChI=1S/C19H14F4N2O4/c1-9-12(8-15(24)27)16-13(6-7-14(26)17(16)20)25(9)18(28)10-2-4-11(5-3-10)29-19(21,22)23/h2-7,26H,8H2,1H3,(H2,24,27). The van der Waals surface area contributed by atoms with E-state index in [1.54, 1.807) is 0 Å². The zero-order chi connectivity index (χ0) is 21.5. The highest BCUT2D eigenvalue weighted by molar-refractivity contribution is 6.05. The molecular weight excluding hydrogens is 396 g/mol. The van der Waals surface area contributed by atoms with Crippen LogP contribution in [0.3, 0.4) is 0 Å². The fraction of sp³-hybridized carbons (Fsp3) is 0.158. The zero-order valence-corrected chi connectivity index (χ0v) is 14.9. The van der Waals surface area contributed by atoms with E-state index in [2.05, 4.69) is 4.74 Å². The second-order valence-electron chi connectivity index (χ2n) is 6.21. The third-order valence-corrected chi connectivity index (χ3v) is 4.30. The maximum Gasteiger partial charge on any atom is 0.573 e. The van der Waals surface area contributed by atoms with E-state index in [0.29, 0.717) is 0 Å². The number of nitrogens with two attached hydrogens (primary N) is 1. The third kappa shape index (κ3) is 3.86. The van der Waals surface area contributed by atoms with Gasteiger partial charge in [-0.25, -0.2) is 4.39 Å². The summed E-state index contributed by atoms with van der Waals surface area (Å²) in [5.41, 5.74) is 5.63. The van der Waals surface area contributed by atoms with E-state index in [1.165, 1.54) is 13.0 Å². The average molecular weight is 410 g/mol. The van der Waals surface area contributed by atoms with Crippen LogP contribution >= 0.6 is 0 Å². The van der Waals surface area contributed by atoms with Crippen molar-refractivity contribution in [2.45, 2.75) is 19.7 Å². The summed E-state index contributed by atoms with van der Waals surface area (Å²) in [6.07, 6.45) is -5.25. The van der Waals surface area contributed by atoms with Crippen molar-refractivity contribution in [2.75, 3.05) is 0 Å². The topological polar surface area (TPSA) is 94.5 Å². The van der Waals surface area contributed by atoms with E-state index in [0.717, 1.165) is 34.9 Å². The molecule has 3 rings (SSSR count). The molecule has 0 spiro atoms. The number of amides is 1. The number of aromatic hydroxyl groups is 1. The molecule has 0 bridgehead atoms. The molecule has 2 aromatic carbocycles. The first-order valence-electron chi connectivity index (χ1n) is 8.19. The van der Waals surface area contributed by atoms with Gasteiger partial charge in [-0.15, -0.1) is 13.2 Å². The van der Waals surface area contributed by atoms with Crippen LogP contribution in [0.1, 0.15) is 21.6 Å². The lowest BCUT2D eigenvalue weighted by molar-refractivity contribution is -0.274.